The number of pyridine rings is 2. The van der Waals surface area contributed by atoms with Gasteiger partial charge >= 0.3 is 0 Å². The predicted octanol–water partition coefficient (Wildman–Crippen LogP) is 3.22. The largest absolute Gasteiger partial charge is 0.260 e. The zero-order chi connectivity index (χ0) is 11.5. The lowest BCUT2D eigenvalue weighted by atomic mass is 10.1. The molecule has 2 aromatic heterocycles. The molecular weight excluding hydrogens is 208 g/mol. The normalized spacial score (nSPS) is 10.6. The summed E-state index contributed by atoms with van der Waals surface area (Å²) in [6, 6.07) is 16.4. The molecule has 0 N–H and O–H groups in total. The highest BCUT2D eigenvalue weighted by Gasteiger charge is 2.03. The monoisotopic (exact) mass is 220 g/mol. The van der Waals surface area contributed by atoms with Crippen LogP contribution in [0.1, 0.15) is 11.3 Å². The first-order valence-electron chi connectivity index (χ1n) is 5.66. The van der Waals surface area contributed by atoms with Crippen LogP contribution in [0.3, 0.4) is 0 Å². The lowest BCUT2D eigenvalue weighted by Gasteiger charge is -2.04. The fraction of sp³-hybridized carbons (Fsp3) is 0.0667. The van der Waals surface area contributed by atoms with Crippen LogP contribution in [0.5, 0.6) is 0 Å². The number of fused-ring (bicyclic) bond motifs is 1. The highest BCUT2D eigenvalue weighted by molar-refractivity contribution is 5.80. The Balaban J connectivity index is 2.06. The van der Waals surface area contributed by atoms with E-state index >= 15 is 0 Å². The van der Waals surface area contributed by atoms with Gasteiger partial charge in [0.1, 0.15) is 0 Å². The third-order valence-electron chi connectivity index (χ3n) is 2.83. The van der Waals surface area contributed by atoms with Crippen LogP contribution in [0.25, 0.3) is 10.9 Å². The fourth-order valence-electron chi connectivity index (χ4n) is 1.99. The van der Waals surface area contributed by atoms with Gasteiger partial charge in [-0.15, -0.1) is 0 Å². The summed E-state index contributed by atoms with van der Waals surface area (Å²) >= 11 is 0. The molecule has 1 aromatic carbocycles. The van der Waals surface area contributed by atoms with E-state index in [0.29, 0.717) is 0 Å². The molecule has 0 unspecified atom stereocenters. The summed E-state index contributed by atoms with van der Waals surface area (Å²) in [4.78, 5) is 8.81. The van der Waals surface area contributed by atoms with Crippen LogP contribution in [-0.4, -0.2) is 9.97 Å². The molecule has 17 heavy (non-hydrogen) atoms. The minimum Gasteiger partial charge on any atom is -0.260 e. The van der Waals surface area contributed by atoms with Gasteiger partial charge in [-0.25, -0.2) is 0 Å². The van der Waals surface area contributed by atoms with Gasteiger partial charge in [0.05, 0.1) is 11.2 Å². The van der Waals surface area contributed by atoms with Crippen molar-refractivity contribution in [3.05, 3.63) is 72.2 Å². The molecule has 0 aliphatic heterocycles. The first-order chi connectivity index (χ1) is 8.43. The highest BCUT2D eigenvalue weighted by Crippen LogP contribution is 2.17. The van der Waals surface area contributed by atoms with Gasteiger partial charge in [0, 0.05) is 24.2 Å². The Bertz CT molecular complexity index is 627. The lowest BCUT2D eigenvalue weighted by molar-refractivity contribution is 1.09. The smallest absolute Gasteiger partial charge is 0.0735 e. The van der Waals surface area contributed by atoms with Crippen LogP contribution >= 0.6 is 0 Å². The Kier molecular flexibility index (Phi) is 2.54. The minimum absolute atomic E-state index is 0.851. The molecule has 0 spiro atoms. The van der Waals surface area contributed by atoms with Crippen LogP contribution in [0, 0.1) is 0 Å². The molecule has 0 bridgehead atoms. The van der Waals surface area contributed by atoms with E-state index in [1.165, 1.54) is 5.56 Å². The Morgan fingerprint density at radius 2 is 1.65 bits per heavy atom. The second-order valence-corrected chi connectivity index (χ2v) is 3.99. The standard InChI is InChI=1S/C15H12N2/c1-2-5-12(6-3-1)11-15-13-7-4-9-16-14(13)8-10-17-15/h1-10H,11H2. The third-order valence-corrected chi connectivity index (χ3v) is 2.83. The molecule has 2 heterocycles. The molecule has 0 amide bonds. The molecular formula is C15H12N2. The number of hydrogen-bond acceptors (Lipinski definition) is 2. The highest BCUT2D eigenvalue weighted by atomic mass is 14.7. The molecule has 3 aromatic rings. The Morgan fingerprint density at radius 3 is 2.53 bits per heavy atom. The van der Waals surface area contributed by atoms with Gasteiger partial charge in [-0.1, -0.05) is 30.3 Å². The summed E-state index contributed by atoms with van der Waals surface area (Å²) in [6.45, 7) is 0. The maximum absolute atomic E-state index is 4.46. The van der Waals surface area contributed by atoms with Gasteiger partial charge < -0.3 is 0 Å². The number of rotatable bonds is 2. The second kappa shape index (κ2) is 4.34. The van der Waals surface area contributed by atoms with Gasteiger partial charge in [0.2, 0.25) is 0 Å². The van der Waals surface area contributed by atoms with Gasteiger partial charge in [-0.05, 0) is 23.8 Å². The van der Waals surface area contributed by atoms with E-state index in [2.05, 4.69) is 40.3 Å². The van der Waals surface area contributed by atoms with Gasteiger partial charge in [0.15, 0.2) is 0 Å². The van der Waals surface area contributed by atoms with E-state index < -0.39 is 0 Å². The van der Waals surface area contributed by atoms with Crippen molar-refractivity contribution in [3.8, 4) is 0 Å². The van der Waals surface area contributed by atoms with Crippen molar-refractivity contribution in [3.63, 3.8) is 0 Å². The summed E-state index contributed by atoms with van der Waals surface area (Å²) < 4.78 is 0. The Morgan fingerprint density at radius 1 is 0.765 bits per heavy atom. The first-order valence-corrected chi connectivity index (χ1v) is 5.66. The molecule has 0 radical (unpaired) electrons. The van der Waals surface area contributed by atoms with E-state index in [1.54, 1.807) is 0 Å². The van der Waals surface area contributed by atoms with Crippen LogP contribution in [0.4, 0.5) is 0 Å². The molecule has 2 nitrogen and oxygen atoms in total. The summed E-state index contributed by atoms with van der Waals surface area (Å²) in [5, 5.41) is 1.14. The summed E-state index contributed by atoms with van der Waals surface area (Å²) in [7, 11) is 0. The first kappa shape index (κ1) is 9.97. The minimum atomic E-state index is 0.851. The van der Waals surface area contributed by atoms with Crippen molar-refractivity contribution in [1.82, 2.24) is 9.97 Å². The molecule has 0 aliphatic carbocycles. The van der Waals surface area contributed by atoms with Crippen molar-refractivity contribution in [2.45, 2.75) is 6.42 Å². The van der Waals surface area contributed by atoms with Crippen LogP contribution in [0.2, 0.25) is 0 Å². The van der Waals surface area contributed by atoms with Crippen molar-refractivity contribution < 1.29 is 0 Å². The van der Waals surface area contributed by atoms with Gasteiger partial charge in [-0.2, -0.15) is 0 Å². The zero-order valence-corrected chi connectivity index (χ0v) is 9.38. The molecule has 0 saturated heterocycles. The average Bonchev–Trinajstić information content (AvgIpc) is 2.40. The van der Waals surface area contributed by atoms with Crippen molar-refractivity contribution in [2.75, 3.05) is 0 Å². The predicted molar refractivity (Wildman–Crippen MR) is 68.8 cm³/mol. The third kappa shape index (κ3) is 2.02. The zero-order valence-electron chi connectivity index (χ0n) is 9.38. The lowest BCUT2D eigenvalue weighted by Crippen LogP contribution is -1.94. The molecule has 0 aliphatic rings. The van der Waals surface area contributed by atoms with Crippen LogP contribution < -0.4 is 0 Å². The molecule has 0 saturated carbocycles. The Labute approximate surface area is 100.0 Å². The number of aromatic nitrogens is 2. The van der Waals surface area contributed by atoms with E-state index in [4.69, 9.17) is 0 Å². The van der Waals surface area contributed by atoms with Crippen molar-refractivity contribution in [2.24, 2.45) is 0 Å². The molecule has 82 valence electrons. The van der Waals surface area contributed by atoms with Crippen molar-refractivity contribution in [1.29, 1.82) is 0 Å². The van der Waals surface area contributed by atoms with Gasteiger partial charge in [-0.3, -0.25) is 9.97 Å². The van der Waals surface area contributed by atoms with Crippen LogP contribution in [0.15, 0.2) is 60.9 Å². The number of hydrogen-bond donors (Lipinski definition) is 0. The van der Waals surface area contributed by atoms with E-state index in [-0.39, 0.29) is 0 Å². The van der Waals surface area contributed by atoms with Crippen molar-refractivity contribution >= 4 is 10.9 Å². The topological polar surface area (TPSA) is 25.8 Å². The van der Waals surface area contributed by atoms with Gasteiger partial charge in [0.25, 0.3) is 0 Å². The Hall–Kier alpha value is -2.22. The number of benzene rings is 1. The van der Waals surface area contributed by atoms with E-state index in [0.717, 1.165) is 23.0 Å². The average molecular weight is 220 g/mol. The summed E-state index contributed by atoms with van der Waals surface area (Å²) in [6.07, 6.45) is 4.49. The summed E-state index contributed by atoms with van der Waals surface area (Å²) in [5.74, 6) is 0. The SMILES string of the molecule is c1ccc(Cc2nccc3ncccc23)cc1. The number of nitrogens with zero attached hydrogens (tertiary/aromatic N) is 2. The quantitative estimate of drug-likeness (QED) is 0.662. The maximum Gasteiger partial charge on any atom is 0.0735 e. The second-order valence-electron chi connectivity index (χ2n) is 3.99. The van der Waals surface area contributed by atoms with E-state index in [1.807, 2.05) is 30.6 Å². The molecule has 2 heteroatoms. The van der Waals surface area contributed by atoms with E-state index in [9.17, 15) is 0 Å². The van der Waals surface area contributed by atoms with Crippen LogP contribution in [-0.2, 0) is 6.42 Å². The molecule has 3 rings (SSSR count). The molecule has 0 atom stereocenters. The maximum atomic E-state index is 4.46. The summed E-state index contributed by atoms with van der Waals surface area (Å²) in [5.41, 5.74) is 3.37. The molecule has 0 fully saturated rings. The fourth-order valence-corrected chi connectivity index (χ4v) is 1.99.